The third kappa shape index (κ3) is 8.88. The molecule has 3 amide bonds. The molecule has 3 unspecified atom stereocenters. The molecule has 0 bridgehead atoms. The number of anilines is 1. The number of rotatable bonds is 11. The lowest BCUT2D eigenvalue weighted by Gasteiger charge is -2.38. The fourth-order valence-electron chi connectivity index (χ4n) is 4.18. The number of amides is 3. The summed E-state index contributed by atoms with van der Waals surface area (Å²) in [4.78, 5) is 27.0. The Balaban J connectivity index is 1.52. The first-order valence-corrected chi connectivity index (χ1v) is 13.1. The Morgan fingerprint density at radius 3 is 2.42 bits per heavy atom. The van der Waals surface area contributed by atoms with Crippen LogP contribution < -0.4 is 26.4 Å². The Bertz CT molecular complexity index is 1150. The molecule has 0 radical (unpaired) electrons. The number of para-hydroxylation sites is 2. The van der Waals surface area contributed by atoms with Crippen molar-refractivity contribution < 1.29 is 32.2 Å². The van der Waals surface area contributed by atoms with Crippen molar-refractivity contribution in [1.29, 1.82) is 0 Å². The second kappa shape index (κ2) is 14.6. The van der Waals surface area contributed by atoms with Crippen LogP contribution in [0.15, 0.2) is 66.4 Å². The number of aryl methyl sites for hydroxylation is 1. The molecule has 1 heterocycles. The van der Waals surface area contributed by atoms with E-state index in [9.17, 15) is 22.8 Å². The van der Waals surface area contributed by atoms with E-state index in [0.717, 1.165) is 17.5 Å². The van der Waals surface area contributed by atoms with Gasteiger partial charge in [0.15, 0.2) is 0 Å². The number of nitrogens with zero attached hydrogens (tertiary/aromatic N) is 1. The van der Waals surface area contributed by atoms with E-state index in [1.54, 1.807) is 36.1 Å². The van der Waals surface area contributed by atoms with Crippen LogP contribution in [0.2, 0.25) is 0 Å². The SMILES string of the molecule is CCOC1CN(C(=O)NCCNC(=O)/C(=C/Nc2ccccc2C)C(N)C(F)(F)F)CCC1Oc1ccccc1. The van der Waals surface area contributed by atoms with Gasteiger partial charge in [-0.05, 0) is 37.6 Å². The number of benzene rings is 2. The van der Waals surface area contributed by atoms with Crippen LogP contribution in [0.1, 0.15) is 18.9 Å². The molecule has 1 aliphatic rings. The summed E-state index contributed by atoms with van der Waals surface area (Å²) >= 11 is 0. The van der Waals surface area contributed by atoms with Gasteiger partial charge in [-0.3, -0.25) is 4.79 Å². The van der Waals surface area contributed by atoms with E-state index in [2.05, 4.69) is 16.0 Å². The van der Waals surface area contributed by atoms with E-state index in [4.69, 9.17) is 15.2 Å². The molecule has 9 nitrogen and oxygen atoms in total. The number of nitrogens with two attached hydrogens (primary N) is 1. The third-order valence-electron chi connectivity index (χ3n) is 6.36. The Morgan fingerprint density at radius 2 is 1.75 bits per heavy atom. The van der Waals surface area contributed by atoms with Crippen LogP contribution in [-0.2, 0) is 9.53 Å². The summed E-state index contributed by atoms with van der Waals surface area (Å²) in [6.07, 6.45) is -3.85. The van der Waals surface area contributed by atoms with Gasteiger partial charge in [-0.15, -0.1) is 0 Å². The first-order valence-electron chi connectivity index (χ1n) is 13.1. The van der Waals surface area contributed by atoms with Crippen molar-refractivity contribution in [3.63, 3.8) is 0 Å². The Kier molecular flexibility index (Phi) is 11.2. The second-order valence-electron chi connectivity index (χ2n) is 9.26. The number of carbonyl (C=O) groups is 2. The molecule has 1 fully saturated rings. The van der Waals surface area contributed by atoms with Crippen LogP contribution in [-0.4, -0.2) is 74.1 Å². The maximum absolute atomic E-state index is 13.3. The van der Waals surface area contributed by atoms with Gasteiger partial charge in [0, 0.05) is 44.5 Å². The van der Waals surface area contributed by atoms with Crippen LogP contribution in [0.4, 0.5) is 23.7 Å². The van der Waals surface area contributed by atoms with E-state index < -0.39 is 23.7 Å². The number of alkyl halides is 3. The maximum Gasteiger partial charge on any atom is 0.407 e. The van der Waals surface area contributed by atoms with Crippen molar-refractivity contribution in [2.75, 3.05) is 38.1 Å². The van der Waals surface area contributed by atoms with E-state index in [1.807, 2.05) is 37.3 Å². The lowest BCUT2D eigenvalue weighted by Crippen LogP contribution is -2.55. The highest BCUT2D eigenvalue weighted by atomic mass is 19.4. The van der Waals surface area contributed by atoms with Crippen LogP contribution in [0.25, 0.3) is 0 Å². The van der Waals surface area contributed by atoms with Crippen LogP contribution in [0.3, 0.4) is 0 Å². The molecule has 0 aromatic heterocycles. The Morgan fingerprint density at radius 1 is 1.07 bits per heavy atom. The highest BCUT2D eigenvalue weighted by molar-refractivity contribution is 5.95. The van der Waals surface area contributed by atoms with Gasteiger partial charge in [0.05, 0.1) is 12.1 Å². The average Bonchev–Trinajstić information content (AvgIpc) is 2.93. The molecule has 0 aliphatic carbocycles. The number of carbonyl (C=O) groups excluding carboxylic acids is 2. The summed E-state index contributed by atoms with van der Waals surface area (Å²) in [7, 11) is 0. The van der Waals surface area contributed by atoms with Crippen LogP contribution in [0.5, 0.6) is 5.75 Å². The first-order chi connectivity index (χ1) is 19.1. The molecule has 2 aromatic rings. The van der Waals surface area contributed by atoms with Gasteiger partial charge >= 0.3 is 12.2 Å². The Labute approximate surface area is 231 Å². The van der Waals surface area contributed by atoms with Gasteiger partial charge in [-0.25, -0.2) is 4.79 Å². The minimum Gasteiger partial charge on any atom is -0.488 e. The van der Waals surface area contributed by atoms with Gasteiger partial charge in [0.25, 0.3) is 5.91 Å². The molecule has 1 aliphatic heterocycles. The molecule has 5 N–H and O–H groups in total. The normalized spacial score (nSPS) is 18.6. The van der Waals surface area contributed by atoms with Crippen LogP contribution >= 0.6 is 0 Å². The summed E-state index contributed by atoms with van der Waals surface area (Å²) in [6, 6.07) is 13.4. The first kappa shape index (κ1) is 30.8. The second-order valence-corrected chi connectivity index (χ2v) is 9.26. The number of halogens is 3. The summed E-state index contributed by atoms with van der Waals surface area (Å²) in [5, 5.41) is 7.82. The largest absolute Gasteiger partial charge is 0.488 e. The Hall–Kier alpha value is -3.77. The topological polar surface area (TPSA) is 118 Å². The molecule has 0 saturated carbocycles. The molecule has 40 heavy (non-hydrogen) atoms. The summed E-state index contributed by atoms with van der Waals surface area (Å²) in [5.74, 6) is -0.269. The van der Waals surface area contributed by atoms with Gasteiger partial charge in [0.2, 0.25) is 0 Å². The summed E-state index contributed by atoms with van der Waals surface area (Å²) in [5.41, 5.74) is 6.00. The molecule has 12 heteroatoms. The predicted molar refractivity (Wildman–Crippen MR) is 146 cm³/mol. The number of nitrogens with one attached hydrogen (secondary N) is 3. The minimum atomic E-state index is -4.82. The zero-order valence-electron chi connectivity index (χ0n) is 22.5. The number of hydrogen-bond acceptors (Lipinski definition) is 6. The van der Waals surface area contributed by atoms with E-state index in [0.29, 0.717) is 31.8 Å². The quantitative estimate of drug-likeness (QED) is 0.245. The van der Waals surface area contributed by atoms with E-state index in [-0.39, 0.29) is 31.3 Å². The van der Waals surface area contributed by atoms with Gasteiger partial charge < -0.3 is 36.1 Å². The molecule has 0 spiro atoms. The number of piperidine rings is 1. The van der Waals surface area contributed by atoms with Crippen molar-refractivity contribution in [2.24, 2.45) is 5.73 Å². The van der Waals surface area contributed by atoms with Crippen molar-refractivity contribution in [3.05, 3.63) is 71.9 Å². The average molecular weight is 564 g/mol. The highest BCUT2D eigenvalue weighted by Crippen LogP contribution is 2.25. The molecule has 1 saturated heterocycles. The summed E-state index contributed by atoms with van der Waals surface area (Å²) in [6.45, 7) is 4.74. The molecule has 2 aromatic carbocycles. The maximum atomic E-state index is 13.3. The molecule has 3 rings (SSSR count). The summed E-state index contributed by atoms with van der Waals surface area (Å²) < 4.78 is 51.9. The molecular formula is C28H36F3N5O4. The zero-order valence-corrected chi connectivity index (χ0v) is 22.5. The van der Waals surface area contributed by atoms with Crippen molar-refractivity contribution in [2.45, 2.75) is 44.7 Å². The number of likely N-dealkylation sites (tertiary alicyclic amines) is 1. The highest BCUT2D eigenvalue weighted by Gasteiger charge is 2.41. The fraction of sp³-hybridized carbons (Fsp3) is 0.429. The van der Waals surface area contributed by atoms with E-state index in [1.165, 1.54) is 0 Å². The molecular weight excluding hydrogens is 527 g/mol. The monoisotopic (exact) mass is 563 g/mol. The van der Waals surface area contributed by atoms with Crippen molar-refractivity contribution in [3.8, 4) is 5.75 Å². The lowest BCUT2D eigenvalue weighted by molar-refractivity contribution is -0.144. The fourth-order valence-corrected chi connectivity index (χ4v) is 4.18. The minimum absolute atomic E-state index is 0.00404. The molecule has 218 valence electrons. The van der Waals surface area contributed by atoms with Crippen LogP contribution in [0, 0.1) is 6.92 Å². The smallest absolute Gasteiger partial charge is 0.407 e. The van der Waals surface area contributed by atoms with Crippen molar-refractivity contribution in [1.82, 2.24) is 15.5 Å². The molecule has 3 atom stereocenters. The zero-order chi connectivity index (χ0) is 29.1. The van der Waals surface area contributed by atoms with Gasteiger partial charge in [-0.2, -0.15) is 13.2 Å². The van der Waals surface area contributed by atoms with Gasteiger partial charge in [0.1, 0.15) is 24.0 Å². The third-order valence-corrected chi connectivity index (χ3v) is 6.36. The van der Waals surface area contributed by atoms with Gasteiger partial charge in [-0.1, -0.05) is 36.4 Å². The number of ether oxygens (including phenoxy) is 2. The number of hydrogen-bond donors (Lipinski definition) is 4. The van der Waals surface area contributed by atoms with E-state index >= 15 is 0 Å². The van der Waals surface area contributed by atoms with Crippen molar-refractivity contribution >= 4 is 17.6 Å². The number of urea groups is 1. The lowest BCUT2D eigenvalue weighted by atomic mass is 10.0. The predicted octanol–water partition coefficient (Wildman–Crippen LogP) is 3.56. The standard InChI is InChI=1S/C28H36F3N5O4/c1-3-39-24-18-36(16-13-23(24)40-20-10-5-4-6-11-20)27(38)34-15-14-33-26(37)21(25(32)28(29,30)31)17-35-22-12-8-7-9-19(22)2/h4-12,17,23-25,35H,3,13-16,18,32H2,1-2H3,(H,33,37)(H,34,38)/b21-17+.